The standard InChI is InChI=1S/C16H27NO15S/c1-5(19)17-7-11(8(20)6(4-18)29-15(7)28-3)30-16-13(32-33(24,25)26)10(22)9(21)12(31-16)14(23)27-2/h6-13,15-16,18,20-22H,4H2,1-3H3,(H,17,19)(H,24,25,26). The molecule has 0 aromatic heterocycles. The topological polar surface area (TPSA) is 237 Å². The first kappa shape index (κ1) is 27.7. The molecule has 1 amide bonds. The maximum Gasteiger partial charge on any atom is 0.397 e. The molecular formula is C16H27NO15S. The third kappa shape index (κ3) is 6.55. The zero-order valence-corrected chi connectivity index (χ0v) is 18.5. The number of ether oxygens (including phenoxy) is 5. The SMILES string of the molecule is COC(=O)C1OC(OC2C(O)C(CO)OC(OC)C2NC(C)=O)C(OS(=O)(=O)O)C(O)C1O. The van der Waals surface area contributed by atoms with E-state index in [1.807, 2.05) is 0 Å². The van der Waals surface area contributed by atoms with Crippen molar-refractivity contribution in [2.75, 3.05) is 20.8 Å². The molecule has 0 radical (unpaired) electrons. The number of aliphatic hydroxyl groups is 4. The molecule has 33 heavy (non-hydrogen) atoms. The summed E-state index contributed by atoms with van der Waals surface area (Å²) in [6.07, 6.45) is -16.1. The van der Waals surface area contributed by atoms with Crippen molar-refractivity contribution in [3.8, 4) is 0 Å². The lowest BCUT2D eigenvalue weighted by molar-refractivity contribution is -0.335. The lowest BCUT2D eigenvalue weighted by Crippen LogP contribution is -2.68. The first-order valence-corrected chi connectivity index (χ1v) is 10.9. The minimum Gasteiger partial charge on any atom is -0.467 e. The predicted molar refractivity (Wildman–Crippen MR) is 100 cm³/mol. The number of methoxy groups -OCH3 is 2. The molecule has 16 nitrogen and oxygen atoms in total. The average Bonchev–Trinajstić information content (AvgIpc) is 2.74. The van der Waals surface area contributed by atoms with Crippen LogP contribution in [0.25, 0.3) is 0 Å². The molecule has 0 spiro atoms. The van der Waals surface area contributed by atoms with Gasteiger partial charge in [0.2, 0.25) is 5.91 Å². The number of aliphatic hydroxyl groups excluding tert-OH is 4. The van der Waals surface area contributed by atoms with Gasteiger partial charge >= 0.3 is 16.4 Å². The van der Waals surface area contributed by atoms with Crippen LogP contribution < -0.4 is 5.32 Å². The van der Waals surface area contributed by atoms with Crippen LogP contribution >= 0.6 is 0 Å². The summed E-state index contributed by atoms with van der Waals surface area (Å²) in [6, 6.07) is -1.28. The lowest BCUT2D eigenvalue weighted by atomic mass is 9.95. The Balaban J connectivity index is 2.45. The normalized spacial score (nSPS) is 39.6. The highest BCUT2D eigenvalue weighted by molar-refractivity contribution is 7.80. The van der Waals surface area contributed by atoms with Crippen molar-refractivity contribution in [1.29, 1.82) is 0 Å². The van der Waals surface area contributed by atoms with Gasteiger partial charge in [-0.2, -0.15) is 8.42 Å². The van der Waals surface area contributed by atoms with E-state index in [4.69, 9.17) is 23.5 Å². The molecular weight excluding hydrogens is 478 g/mol. The van der Waals surface area contributed by atoms with Gasteiger partial charge in [0, 0.05) is 14.0 Å². The van der Waals surface area contributed by atoms with Crippen LogP contribution in [0.3, 0.4) is 0 Å². The highest BCUT2D eigenvalue weighted by Gasteiger charge is 2.54. The second-order valence-electron chi connectivity index (χ2n) is 7.20. The van der Waals surface area contributed by atoms with Crippen molar-refractivity contribution in [1.82, 2.24) is 5.32 Å². The zero-order valence-electron chi connectivity index (χ0n) is 17.7. The van der Waals surface area contributed by atoms with Crippen molar-refractivity contribution in [2.24, 2.45) is 0 Å². The van der Waals surface area contributed by atoms with Crippen molar-refractivity contribution in [3.63, 3.8) is 0 Å². The van der Waals surface area contributed by atoms with E-state index in [0.29, 0.717) is 0 Å². The van der Waals surface area contributed by atoms with Gasteiger partial charge in [0.05, 0.1) is 13.7 Å². The summed E-state index contributed by atoms with van der Waals surface area (Å²) in [5.74, 6) is -1.79. The fourth-order valence-electron chi connectivity index (χ4n) is 3.47. The molecule has 10 unspecified atom stereocenters. The van der Waals surface area contributed by atoms with Crippen LogP contribution in [0.2, 0.25) is 0 Å². The molecule has 2 fully saturated rings. The van der Waals surface area contributed by atoms with Crippen LogP contribution in [0.15, 0.2) is 0 Å². The average molecular weight is 505 g/mol. The minimum absolute atomic E-state index is 0.618. The van der Waals surface area contributed by atoms with Crippen molar-refractivity contribution < 1.29 is 70.9 Å². The number of nitrogens with one attached hydrogen (secondary N) is 1. The molecule has 0 bridgehead atoms. The molecule has 2 heterocycles. The van der Waals surface area contributed by atoms with Gasteiger partial charge in [-0.3, -0.25) is 9.35 Å². The Labute approximate surface area is 188 Å². The molecule has 2 saturated heterocycles. The summed E-state index contributed by atoms with van der Waals surface area (Å²) in [6.45, 7) is 0.402. The fraction of sp³-hybridized carbons (Fsp3) is 0.875. The number of amides is 1. The highest BCUT2D eigenvalue weighted by atomic mass is 32.3. The van der Waals surface area contributed by atoms with Crippen LogP contribution in [0.5, 0.6) is 0 Å². The molecule has 0 saturated carbocycles. The fourth-order valence-corrected chi connectivity index (χ4v) is 3.96. The van der Waals surface area contributed by atoms with E-state index < -0.39 is 90.2 Å². The van der Waals surface area contributed by atoms with E-state index in [2.05, 4.69) is 14.2 Å². The number of esters is 1. The number of hydrogen-bond acceptors (Lipinski definition) is 14. The molecule has 0 aromatic rings. The zero-order chi connectivity index (χ0) is 25.1. The maximum absolute atomic E-state index is 12.0. The van der Waals surface area contributed by atoms with Gasteiger partial charge in [0.25, 0.3) is 0 Å². The first-order valence-electron chi connectivity index (χ1n) is 9.49. The van der Waals surface area contributed by atoms with E-state index in [-0.39, 0.29) is 0 Å². The summed E-state index contributed by atoms with van der Waals surface area (Å²) >= 11 is 0. The van der Waals surface area contributed by atoms with E-state index >= 15 is 0 Å². The summed E-state index contributed by atoms with van der Waals surface area (Å²) < 4.78 is 61.8. The third-order valence-electron chi connectivity index (χ3n) is 4.96. The predicted octanol–water partition coefficient (Wildman–Crippen LogP) is -4.59. The van der Waals surface area contributed by atoms with Crippen molar-refractivity contribution in [3.05, 3.63) is 0 Å². The van der Waals surface area contributed by atoms with Gasteiger partial charge in [0.1, 0.15) is 36.6 Å². The van der Waals surface area contributed by atoms with Gasteiger partial charge in [-0.05, 0) is 0 Å². The van der Waals surface area contributed by atoms with Gasteiger partial charge in [-0.1, -0.05) is 0 Å². The summed E-state index contributed by atoms with van der Waals surface area (Å²) in [5, 5.41) is 43.0. The van der Waals surface area contributed by atoms with E-state index in [1.54, 1.807) is 0 Å². The molecule has 0 aliphatic carbocycles. The summed E-state index contributed by atoms with van der Waals surface area (Å²) in [5.41, 5.74) is 0. The Morgan fingerprint density at radius 3 is 2.12 bits per heavy atom. The van der Waals surface area contributed by atoms with Gasteiger partial charge < -0.3 is 49.4 Å². The molecule has 2 rings (SSSR count). The van der Waals surface area contributed by atoms with Crippen LogP contribution in [0.1, 0.15) is 6.92 Å². The van der Waals surface area contributed by atoms with Crippen LogP contribution in [0.4, 0.5) is 0 Å². The quantitative estimate of drug-likeness (QED) is 0.134. The molecule has 2 aliphatic heterocycles. The summed E-state index contributed by atoms with van der Waals surface area (Å²) in [4.78, 5) is 23.6. The van der Waals surface area contributed by atoms with Crippen molar-refractivity contribution >= 4 is 22.3 Å². The number of carbonyl (C=O) groups excluding carboxylic acids is 2. The second kappa shape index (κ2) is 11.3. The Kier molecular flexibility index (Phi) is 9.48. The smallest absolute Gasteiger partial charge is 0.397 e. The van der Waals surface area contributed by atoms with Gasteiger partial charge in [0.15, 0.2) is 24.8 Å². The Morgan fingerprint density at radius 2 is 1.64 bits per heavy atom. The number of carbonyl (C=O) groups is 2. The van der Waals surface area contributed by atoms with E-state index in [1.165, 1.54) is 7.11 Å². The first-order chi connectivity index (χ1) is 15.3. The number of hydrogen-bond donors (Lipinski definition) is 6. The Hall–Kier alpha value is -1.51. The van der Waals surface area contributed by atoms with Crippen LogP contribution in [-0.4, -0.2) is 127 Å². The van der Waals surface area contributed by atoms with Gasteiger partial charge in [-0.25, -0.2) is 8.98 Å². The number of rotatable bonds is 8. The van der Waals surface area contributed by atoms with E-state index in [9.17, 15) is 38.4 Å². The molecule has 0 aromatic carbocycles. The maximum atomic E-state index is 12.0. The molecule has 2 aliphatic rings. The highest BCUT2D eigenvalue weighted by Crippen LogP contribution is 2.31. The van der Waals surface area contributed by atoms with Crippen LogP contribution in [0, 0.1) is 0 Å². The minimum atomic E-state index is -5.24. The third-order valence-corrected chi connectivity index (χ3v) is 5.42. The largest absolute Gasteiger partial charge is 0.467 e. The summed E-state index contributed by atoms with van der Waals surface area (Å²) in [7, 11) is -3.10. The monoisotopic (exact) mass is 505 g/mol. The molecule has 192 valence electrons. The Bertz CT molecular complexity index is 793. The van der Waals surface area contributed by atoms with E-state index in [0.717, 1.165) is 14.0 Å². The molecule has 6 N–H and O–H groups in total. The lowest BCUT2D eigenvalue weighted by Gasteiger charge is -2.47. The van der Waals surface area contributed by atoms with Crippen LogP contribution in [-0.2, 0) is 47.9 Å². The second-order valence-corrected chi connectivity index (χ2v) is 8.24. The molecule has 17 heteroatoms. The molecule has 10 atom stereocenters. The van der Waals surface area contributed by atoms with Crippen molar-refractivity contribution in [2.45, 2.75) is 68.3 Å². The van der Waals surface area contributed by atoms with Gasteiger partial charge in [-0.15, -0.1) is 0 Å². The Morgan fingerprint density at radius 1 is 1.00 bits per heavy atom.